The summed E-state index contributed by atoms with van der Waals surface area (Å²) in [4.78, 5) is 11.7. The van der Waals surface area contributed by atoms with Gasteiger partial charge in [-0.05, 0) is 48.9 Å². The lowest BCUT2D eigenvalue weighted by molar-refractivity contribution is 0.382. The second-order valence-corrected chi connectivity index (χ2v) is 10.4. The van der Waals surface area contributed by atoms with E-state index in [-0.39, 0.29) is 10.9 Å². The van der Waals surface area contributed by atoms with Gasteiger partial charge in [0.15, 0.2) is 0 Å². The standard InChI is InChI=1S/C26H26FN5O2S/c1-19(20-7-3-2-4-8-20)28-25-23-9-5-6-10-24(23)29-26(30-25)31-15-17-32(18-16-31)35(33,34)22-13-11-21(27)12-14-22/h2-14,19H,15-18H2,1H3,(H,28,29,30). The van der Waals surface area contributed by atoms with Gasteiger partial charge in [0, 0.05) is 37.6 Å². The summed E-state index contributed by atoms with van der Waals surface area (Å²) in [6.07, 6.45) is 0. The summed E-state index contributed by atoms with van der Waals surface area (Å²) in [7, 11) is -3.69. The molecule has 2 heterocycles. The zero-order valence-electron chi connectivity index (χ0n) is 19.3. The molecule has 4 aromatic rings. The Labute approximate surface area is 204 Å². The number of benzene rings is 3. The molecule has 1 aliphatic rings. The Hall–Kier alpha value is -3.56. The van der Waals surface area contributed by atoms with Gasteiger partial charge in [0.2, 0.25) is 16.0 Å². The first-order valence-electron chi connectivity index (χ1n) is 11.5. The van der Waals surface area contributed by atoms with E-state index in [1.807, 2.05) is 47.4 Å². The number of fused-ring (bicyclic) bond motifs is 1. The normalized spacial score (nSPS) is 15.8. The summed E-state index contributed by atoms with van der Waals surface area (Å²) in [6.45, 7) is 3.57. The summed E-state index contributed by atoms with van der Waals surface area (Å²) >= 11 is 0. The fourth-order valence-corrected chi connectivity index (χ4v) is 5.65. The molecule has 7 nitrogen and oxygen atoms in total. The highest BCUT2D eigenvalue weighted by atomic mass is 32.2. The van der Waals surface area contributed by atoms with E-state index in [0.29, 0.717) is 32.1 Å². The molecular formula is C26H26FN5O2S. The van der Waals surface area contributed by atoms with Crippen molar-refractivity contribution in [3.8, 4) is 0 Å². The molecule has 35 heavy (non-hydrogen) atoms. The molecule has 180 valence electrons. The van der Waals surface area contributed by atoms with Crippen LogP contribution in [0.4, 0.5) is 16.2 Å². The smallest absolute Gasteiger partial charge is 0.243 e. The summed E-state index contributed by atoms with van der Waals surface area (Å²) in [6, 6.07) is 23.0. The second-order valence-electron chi connectivity index (χ2n) is 8.51. The summed E-state index contributed by atoms with van der Waals surface area (Å²) in [5.41, 5.74) is 1.97. The number of piperazine rings is 1. The molecule has 1 atom stereocenters. The minimum atomic E-state index is -3.69. The van der Waals surface area contributed by atoms with Crippen LogP contribution in [0.5, 0.6) is 0 Å². The predicted molar refractivity (Wildman–Crippen MR) is 135 cm³/mol. The average molecular weight is 492 g/mol. The van der Waals surface area contributed by atoms with Crippen molar-refractivity contribution in [2.45, 2.75) is 17.9 Å². The molecule has 0 spiro atoms. The van der Waals surface area contributed by atoms with Gasteiger partial charge < -0.3 is 10.2 Å². The van der Waals surface area contributed by atoms with Crippen LogP contribution in [0.3, 0.4) is 0 Å². The number of hydrogen-bond acceptors (Lipinski definition) is 6. The van der Waals surface area contributed by atoms with Gasteiger partial charge in [0.05, 0.1) is 10.4 Å². The van der Waals surface area contributed by atoms with E-state index in [4.69, 9.17) is 9.97 Å². The third-order valence-electron chi connectivity index (χ3n) is 6.22. The largest absolute Gasteiger partial charge is 0.363 e. The Bertz CT molecular complexity index is 1420. The Morgan fingerprint density at radius 3 is 2.23 bits per heavy atom. The topological polar surface area (TPSA) is 78.4 Å². The molecule has 1 unspecified atom stereocenters. The maximum Gasteiger partial charge on any atom is 0.243 e. The lowest BCUT2D eigenvalue weighted by atomic mass is 10.1. The van der Waals surface area contributed by atoms with Gasteiger partial charge in [0.1, 0.15) is 11.6 Å². The number of hydrogen-bond donors (Lipinski definition) is 1. The number of aromatic nitrogens is 2. The van der Waals surface area contributed by atoms with Crippen LogP contribution in [0.15, 0.2) is 83.8 Å². The molecular weight excluding hydrogens is 465 g/mol. The first kappa shape index (κ1) is 23.2. The van der Waals surface area contributed by atoms with Gasteiger partial charge in [-0.2, -0.15) is 9.29 Å². The first-order chi connectivity index (χ1) is 16.9. The van der Waals surface area contributed by atoms with Crippen molar-refractivity contribution in [2.24, 2.45) is 0 Å². The number of sulfonamides is 1. The summed E-state index contributed by atoms with van der Waals surface area (Å²) in [5.74, 6) is 0.835. The van der Waals surface area contributed by atoms with Crippen molar-refractivity contribution < 1.29 is 12.8 Å². The minimum Gasteiger partial charge on any atom is -0.363 e. The van der Waals surface area contributed by atoms with Crippen molar-refractivity contribution in [3.05, 3.63) is 90.2 Å². The maximum atomic E-state index is 13.2. The summed E-state index contributed by atoms with van der Waals surface area (Å²) < 4.78 is 40.6. The quantitative estimate of drug-likeness (QED) is 0.429. The van der Waals surface area contributed by atoms with Crippen LogP contribution in [0.25, 0.3) is 10.9 Å². The Kier molecular flexibility index (Phi) is 6.36. The monoisotopic (exact) mass is 491 g/mol. The SMILES string of the molecule is CC(Nc1nc(N2CCN(S(=O)(=O)c3ccc(F)cc3)CC2)nc2ccccc12)c1ccccc1. The van der Waals surface area contributed by atoms with E-state index in [9.17, 15) is 12.8 Å². The van der Waals surface area contributed by atoms with Gasteiger partial charge in [0.25, 0.3) is 0 Å². The summed E-state index contributed by atoms with van der Waals surface area (Å²) in [5, 5.41) is 4.45. The van der Waals surface area contributed by atoms with Gasteiger partial charge in [-0.15, -0.1) is 0 Å². The van der Waals surface area contributed by atoms with Crippen molar-refractivity contribution in [3.63, 3.8) is 0 Å². The van der Waals surface area contributed by atoms with Gasteiger partial charge >= 0.3 is 0 Å². The molecule has 9 heteroatoms. The molecule has 1 aromatic heterocycles. The molecule has 0 aliphatic carbocycles. The van der Waals surface area contributed by atoms with Crippen LogP contribution < -0.4 is 10.2 Å². The van der Waals surface area contributed by atoms with E-state index < -0.39 is 15.8 Å². The average Bonchev–Trinajstić information content (AvgIpc) is 2.89. The van der Waals surface area contributed by atoms with Crippen LogP contribution in [0.2, 0.25) is 0 Å². The molecule has 1 aliphatic heterocycles. The lowest BCUT2D eigenvalue weighted by Crippen LogP contribution is -2.49. The molecule has 5 rings (SSSR count). The highest BCUT2D eigenvalue weighted by Gasteiger charge is 2.29. The number of nitrogens with zero attached hydrogens (tertiary/aromatic N) is 4. The molecule has 0 bridgehead atoms. The van der Waals surface area contributed by atoms with E-state index in [0.717, 1.165) is 34.4 Å². The van der Waals surface area contributed by atoms with Crippen molar-refractivity contribution >= 4 is 32.7 Å². The number of nitrogens with one attached hydrogen (secondary N) is 1. The Morgan fingerprint density at radius 1 is 0.857 bits per heavy atom. The molecule has 0 saturated carbocycles. The van der Waals surface area contributed by atoms with Crippen LogP contribution in [-0.4, -0.2) is 48.9 Å². The van der Waals surface area contributed by atoms with Crippen LogP contribution >= 0.6 is 0 Å². The fourth-order valence-electron chi connectivity index (χ4n) is 4.23. The van der Waals surface area contributed by atoms with E-state index in [1.165, 1.54) is 16.4 Å². The molecule has 3 aromatic carbocycles. The predicted octanol–water partition coefficient (Wildman–Crippen LogP) is 4.45. The zero-order valence-corrected chi connectivity index (χ0v) is 20.1. The van der Waals surface area contributed by atoms with Crippen LogP contribution in [0, 0.1) is 5.82 Å². The van der Waals surface area contributed by atoms with Crippen molar-refractivity contribution in [1.82, 2.24) is 14.3 Å². The maximum absolute atomic E-state index is 13.2. The molecule has 0 radical (unpaired) electrons. The van der Waals surface area contributed by atoms with E-state index in [2.05, 4.69) is 24.4 Å². The molecule has 0 amide bonds. The minimum absolute atomic E-state index is 0.0417. The Morgan fingerprint density at radius 2 is 1.51 bits per heavy atom. The van der Waals surface area contributed by atoms with Crippen molar-refractivity contribution in [2.75, 3.05) is 36.4 Å². The fraction of sp³-hybridized carbons (Fsp3) is 0.231. The molecule has 1 fully saturated rings. The molecule has 1 saturated heterocycles. The number of anilines is 2. The zero-order chi connectivity index (χ0) is 24.4. The van der Waals surface area contributed by atoms with Gasteiger partial charge in [-0.1, -0.05) is 42.5 Å². The highest BCUT2D eigenvalue weighted by molar-refractivity contribution is 7.89. The molecule has 1 N–H and O–H groups in total. The van der Waals surface area contributed by atoms with Gasteiger partial charge in [-0.25, -0.2) is 17.8 Å². The van der Waals surface area contributed by atoms with Gasteiger partial charge in [-0.3, -0.25) is 0 Å². The van der Waals surface area contributed by atoms with Crippen LogP contribution in [-0.2, 0) is 10.0 Å². The Balaban J connectivity index is 1.37. The van der Waals surface area contributed by atoms with Crippen LogP contribution in [0.1, 0.15) is 18.5 Å². The third kappa shape index (κ3) is 4.82. The lowest BCUT2D eigenvalue weighted by Gasteiger charge is -2.34. The third-order valence-corrected chi connectivity index (χ3v) is 8.13. The number of halogens is 1. The second kappa shape index (κ2) is 9.59. The number of para-hydroxylation sites is 1. The first-order valence-corrected chi connectivity index (χ1v) is 12.9. The van der Waals surface area contributed by atoms with E-state index >= 15 is 0 Å². The van der Waals surface area contributed by atoms with E-state index in [1.54, 1.807) is 0 Å². The number of rotatable bonds is 6. The van der Waals surface area contributed by atoms with Crippen molar-refractivity contribution in [1.29, 1.82) is 0 Å². The highest BCUT2D eigenvalue weighted by Crippen LogP contribution is 2.28.